The third kappa shape index (κ3) is 8.31. The first-order valence-corrected chi connectivity index (χ1v) is 11.9. The predicted octanol–water partition coefficient (Wildman–Crippen LogP) is 6.98. The van der Waals surface area contributed by atoms with Crippen molar-refractivity contribution in [3.8, 4) is 0 Å². The summed E-state index contributed by atoms with van der Waals surface area (Å²) in [5.41, 5.74) is 0.277. The van der Waals surface area contributed by atoms with Gasteiger partial charge in [0.2, 0.25) is 5.91 Å². The van der Waals surface area contributed by atoms with E-state index in [4.69, 9.17) is 5.11 Å². The first-order valence-electron chi connectivity index (χ1n) is 11.9. The normalized spacial score (nSPS) is 21.9. The van der Waals surface area contributed by atoms with E-state index in [0.29, 0.717) is 24.3 Å². The molecule has 2 N–H and O–H groups in total. The Labute approximate surface area is 193 Å². The zero-order chi connectivity index (χ0) is 24.6. The summed E-state index contributed by atoms with van der Waals surface area (Å²) in [5.74, 6) is -5.65. The maximum atomic E-state index is 14.4. The first-order chi connectivity index (χ1) is 15.5. The van der Waals surface area contributed by atoms with Gasteiger partial charge in [-0.2, -0.15) is 13.2 Å². The molecule has 8 heteroatoms. The highest BCUT2D eigenvalue weighted by Crippen LogP contribution is 2.41. The second-order valence-electron chi connectivity index (χ2n) is 9.30. The fraction of sp³-hybridized carbons (Fsp3) is 0.680. The van der Waals surface area contributed by atoms with Crippen molar-refractivity contribution in [2.24, 2.45) is 23.7 Å². The number of hydrogen-bond acceptors (Lipinski definition) is 2. The van der Waals surface area contributed by atoms with E-state index in [1.165, 1.54) is 12.1 Å². The number of amides is 1. The van der Waals surface area contributed by atoms with Crippen LogP contribution in [0.4, 0.5) is 23.2 Å². The van der Waals surface area contributed by atoms with Crippen LogP contribution < -0.4 is 5.32 Å². The van der Waals surface area contributed by atoms with Crippen LogP contribution in [-0.4, -0.2) is 23.2 Å². The number of carboxylic acid groups (broad SMARTS) is 1. The number of carboxylic acids is 1. The minimum absolute atomic E-state index is 0.127. The summed E-state index contributed by atoms with van der Waals surface area (Å²) in [6.45, 7) is 3.16. The number of carbonyl (C=O) groups is 2. The molecule has 33 heavy (non-hydrogen) atoms. The summed E-state index contributed by atoms with van der Waals surface area (Å²) in [5, 5.41) is 11.2. The Balaban J connectivity index is 2.25. The van der Waals surface area contributed by atoms with Crippen LogP contribution in [-0.2, 0) is 16.0 Å². The van der Waals surface area contributed by atoms with E-state index < -0.39 is 41.6 Å². The number of anilines is 1. The maximum absolute atomic E-state index is 14.4. The van der Waals surface area contributed by atoms with E-state index in [1.54, 1.807) is 0 Å². The average Bonchev–Trinajstić information content (AvgIpc) is 2.86. The van der Waals surface area contributed by atoms with Gasteiger partial charge in [0, 0.05) is 6.42 Å². The van der Waals surface area contributed by atoms with E-state index in [-0.39, 0.29) is 18.5 Å². The van der Waals surface area contributed by atoms with Gasteiger partial charge in [0.1, 0.15) is 5.82 Å². The summed E-state index contributed by atoms with van der Waals surface area (Å²) < 4.78 is 55.6. The van der Waals surface area contributed by atoms with Crippen molar-refractivity contribution in [3.63, 3.8) is 0 Å². The van der Waals surface area contributed by atoms with Crippen LogP contribution in [0.15, 0.2) is 18.2 Å². The number of alkyl halides is 3. The van der Waals surface area contributed by atoms with E-state index >= 15 is 0 Å². The molecule has 0 bridgehead atoms. The van der Waals surface area contributed by atoms with Crippen LogP contribution in [0.25, 0.3) is 0 Å². The van der Waals surface area contributed by atoms with Gasteiger partial charge in [-0.25, -0.2) is 4.39 Å². The number of halogens is 4. The first kappa shape index (κ1) is 27.1. The van der Waals surface area contributed by atoms with E-state index in [1.807, 2.05) is 0 Å². The van der Waals surface area contributed by atoms with Gasteiger partial charge < -0.3 is 10.4 Å². The fourth-order valence-electron chi connectivity index (χ4n) is 4.91. The van der Waals surface area contributed by atoms with Gasteiger partial charge in [-0.1, -0.05) is 58.4 Å². The van der Waals surface area contributed by atoms with Crippen LogP contribution >= 0.6 is 0 Å². The van der Waals surface area contributed by atoms with Crippen molar-refractivity contribution in [2.45, 2.75) is 84.2 Å². The van der Waals surface area contributed by atoms with E-state index in [0.717, 1.165) is 51.5 Å². The maximum Gasteiger partial charge on any atom is 0.392 e. The number of hydrogen-bond donors (Lipinski definition) is 2. The van der Waals surface area contributed by atoms with Crippen LogP contribution in [0.3, 0.4) is 0 Å². The molecule has 1 aliphatic carbocycles. The Morgan fingerprint density at radius 3 is 2.39 bits per heavy atom. The highest BCUT2D eigenvalue weighted by atomic mass is 19.4. The second kappa shape index (κ2) is 12.4. The lowest BCUT2D eigenvalue weighted by atomic mass is 9.76. The molecule has 0 aliphatic heterocycles. The minimum atomic E-state index is -4.55. The molecule has 1 aromatic carbocycles. The van der Waals surface area contributed by atoms with Gasteiger partial charge in [-0.3, -0.25) is 9.59 Å². The highest BCUT2D eigenvalue weighted by Gasteiger charge is 2.47. The largest absolute Gasteiger partial charge is 0.481 e. The Morgan fingerprint density at radius 2 is 1.76 bits per heavy atom. The molecule has 0 radical (unpaired) electrons. The molecule has 4 atom stereocenters. The Kier molecular flexibility index (Phi) is 10.2. The average molecular weight is 474 g/mol. The third-order valence-corrected chi connectivity index (χ3v) is 6.98. The molecule has 4 nitrogen and oxygen atoms in total. The fourth-order valence-corrected chi connectivity index (χ4v) is 4.91. The molecular formula is C25H35F4NO3. The van der Waals surface area contributed by atoms with Crippen molar-refractivity contribution >= 4 is 17.6 Å². The molecule has 1 aromatic rings. The second-order valence-corrected chi connectivity index (χ2v) is 9.30. The molecule has 0 saturated heterocycles. The number of rotatable bonds is 8. The van der Waals surface area contributed by atoms with Gasteiger partial charge in [0.15, 0.2) is 0 Å². The van der Waals surface area contributed by atoms with Crippen molar-refractivity contribution in [1.82, 2.24) is 0 Å². The molecule has 0 heterocycles. The molecule has 0 spiro atoms. The minimum Gasteiger partial charge on any atom is -0.481 e. The Bertz CT molecular complexity index is 796. The predicted molar refractivity (Wildman–Crippen MR) is 119 cm³/mol. The van der Waals surface area contributed by atoms with Crippen molar-refractivity contribution in [3.05, 3.63) is 29.6 Å². The number of aliphatic carboxylic acids is 1. The van der Waals surface area contributed by atoms with Gasteiger partial charge in [-0.15, -0.1) is 0 Å². The molecular weight excluding hydrogens is 438 g/mol. The lowest BCUT2D eigenvalue weighted by molar-refractivity contribution is -0.190. The molecule has 0 aromatic heterocycles. The van der Waals surface area contributed by atoms with Crippen LogP contribution in [0, 0.1) is 29.5 Å². The van der Waals surface area contributed by atoms with Gasteiger partial charge in [0.25, 0.3) is 0 Å². The number of nitrogens with one attached hydrogen (secondary N) is 1. The standard InChI is InChI=1S/C25H35F4NO3/c1-3-17-7-4-5-9-19(10-6-8-17)23(16(2)25(27,28)29)24(33)30-21-15-18(11-13-20(21)26)12-14-22(31)32/h11,13,15-17,19,23H,3-10,12,14H2,1-2H3,(H,30,33)(H,31,32)/t16-,17?,19?,23+/m0/s1. The summed E-state index contributed by atoms with van der Waals surface area (Å²) in [7, 11) is 0. The Hall–Kier alpha value is -2.12. The SMILES string of the molecule is CCC1CCCCC([C@H](C(=O)Nc2cc(CCC(=O)O)ccc2F)[C@H](C)C(F)(F)F)CCC1. The van der Waals surface area contributed by atoms with Gasteiger partial charge >= 0.3 is 12.1 Å². The van der Waals surface area contributed by atoms with Crippen LogP contribution in [0.2, 0.25) is 0 Å². The summed E-state index contributed by atoms with van der Waals surface area (Å²) in [6, 6.07) is 3.81. The topological polar surface area (TPSA) is 66.4 Å². The Morgan fingerprint density at radius 1 is 1.12 bits per heavy atom. The van der Waals surface area contributed by atoms with Crippen molar-refractivity contribution < 1.29 is 32.3 Å². The van der Waals surface area contributed by atoms with E-state index in [9.17, 15) is 27.2 Å². The summed E-state index contributed by atoms with van der Waals surface area (Å²) in [6.07, 6.45) is 2.02. The number of aryl methyl sites for hydroxylation is 1. The molecule has 2 rings (SSSR count). The quantitative estimate of drug-likeness (QED) is 0.400. The highest BCUT2D eigenvalue weighted by molar-refractivity contribution is 5.93. The smallest absolute Gasteiger partial charge is 0.392 e. The monoisotopic (exact) mass is 473 g/mol. The lowest BCUT2D eigenvalue weighted by Gasteiger charge is -2.32. The molecule has 1 amide bonds. The van der Waals surface area contributed by atoms with Crippen molar-refractivity contribution in [1.29, 1.82) is 0 Å². The zero-order valence-corrected chi connectivity index (χ0v) is 19.4. The van der Waals surface area contributed by atoms with Crippen LogP contribution in [0.5, 0.6) is 0 Å². The lowest BCUT2D eigenvalue weighted by Crippen LogP contribution is -2.40. The molecule has 2 unspecified atom stereocenters. The van der Waals surface area contributed by atoms with Crippen molar-refractivity contribution in [2.75, 3.05) is 5.32 Å². The molecule has 186 valence electrons. The van der Waals surface area contributed by atoms with Crippen LogP contribution in [0.1, 0.15) is 77.2 Å². The van der Waals surface area contributed by atoms with Gasteiger partial charge in [-0.05, 0) is 48.8 Å². The zero-order valence-electron chi connectivity index (χ0n) is 19.4. The third-order valence-electron chi connectivity index (χ3n) is 6.98. The summed E-state index contributed by atoms with van der Waals surface area (Å²) in [4.78, 5) is 24.0. The molecule has 1 aliphatic rings. The molecule has 1 fully saturated rings. The molecule has 1 saturated carbocycles. The number of benzene rings is 1. The summed E-state index contributed by atoms with van der Waals surface area (Å²) >= 11 is 0. The number of carbonyl (C=O) groups excluding carboxylic acids is 1. The van der Waals surface area contributed by atoms with Gasteiger partial charge in [0.05, 0.1) is 17.5 Å². The van der Waals surface area contributed by atoms with E-state index in [2.05, 4.69) is 12.2 Å².